The van der Waals surface area contributed by atoms with Crippen LogP contribution in [0.25, 0.3) is 0 Å². The van der Waals surface area contributed by atoms with Crippen LogP contribution in [0.4, 0.5) is 5.95 Å². The summed E-state index contributed by atoms with van der Waals surface area (Å²) >= 11 is 0. The van der Waals surface area contributed by atoms with Gasteiger partial charge in [-0.15, -0.1) is 0 Å². The molecule has 1 aromatic heterocycles. The molecule has 0 fully saturated rings. The standard InChI is InChI=1S/C12H12N4O2/c1-8-6-11(18)15-12(14-8)16-13-7-9-2-4-10(17)5-3-9/h2-7,17H,1H3,(H2,14,15,16,18)/b13-7+. The summed E-state index contributed by atoms with van der Waals surface area (Å²) in [7, 11) is 0. The Morgan fingerprint density at radius 1 is 1.39 bits per heavy atom. The van der Waals surface area contributed by atoms with Crippen LogP contribution in [0.5, 0.6) is 5.75 Å². The van der Waals surface area contributed by atoms with E-state index in [1.807, 2.05) is 0 Å². The number of aromatic amines is 1. The van der Waals surface area contributed by atoms with Gasteiger partial charge in [0.2, 0.25) is 5.95 Å². The van der Waals surface area contributed by atoms with Crippen molar-refractivity contribution in [3.05, 3.63) is 51.9 Å². The lowest BCUT2D eigenvalue weighted by Crippen LogP contribution is -2.10. The fraction of sp³-hybridized carbons (Fsp3) is 0.0833. The Bertz CT molecular complexity index is 617. The summed E-state index contributed by atoms with van der Waals surface area (Å²) in [5.74, 6) is 0.486. The monoisotopic (exact) mass is 244 g/mol. The molecule has 0 aliphatic heterocycles. The number of rotatable bonds is 3. The summed E-state index contributed by atoms with van der Waals surface area (Å²) in [6, 6.07) is 7.96. The van der Waals surface area contributed by atoms with Crippen LogP contribution in [-0.2, 0) is 0 Å². The molecule has 0 unspecified atom stereocenters. The molecule has 0 bridgehead atoms. The molecule has 0 saturated carbocycles. The Balaban J connectivity index is 2.07. The average Bonchev–Trinajstić information content (AvgIpc) is 2.30. The van der Waals surface area contributed by atoms with Crippen LogP contribution in [0.15, 0.2) is 40.2 Å². The summed E-state index contributed by atoms with van der Waals surface area (Å²) in [6.45, 7) is 1.73. The van der Waals surface area contributed by atoms with Gasteiger partial charge in [0.05, 0.1) is 6.21 Å². The number of anilines is 1. The number of nitrogens with one attached hydrogen (secondary N) is 2. The molecule has 2 rings (SSSR count). The molecule has 0 aliphatic carbocycles. The van der Waals surface area contributed by atoms with Crippen LogP contribution in [-0.4, -0.2) is 21.3 Å². The number of phenols is 1. The molecule has 1 heterocycles. The number of aromatic nitrogens is 2. The lowest BCUT2D eigenvalue weighted by Gasteiger charge is -1.99. The van der Waals surface area contributed by atoms with Crippen LogP contribution in [0.3, 0.4) is 0 Å². The van der Waals surface area contributed by atoms with Gasteiger partial charge in [-0.25, -0.2) is 10.4 Å². The molecule has 2 aromatic rings. The second-order valence-electron chi connectivity index (χ2n) is 3.70. The van der Waals surface area contributed by atoms with E-state index in [0.29, 0.717) is 5.69 Å². The fourth-order valence-electron chi connectivity index (χ4n) is 1.36. The molecule has 0 atom stereocenters. The Morgan fingerprint density at radius 2 is 2.11 bits per heavy atom. The summed E-state index contributed by atoms with van der Waals surface area (Å²) in [5, 5.41) is 13.0. The van der Waals surface area contributed by atoms with E-state index in [-0.39, 0.29) is 17.3 Å². The maximum atomic E-state index is 11.2. The second-order valence-corrected chi connectivity index (χ2v) is 3.70. The largest absolute Gasteiger partial charge is 0.508 e. The Morgan fingerprint density at radius 3 is 2.78 bits per heavy atom. The van der Waals surface area contributed by atoms with Crippen molar-refractivity contribution in [2.24, 2.45) is 5.10 Å². The molecular formula is C12H12N4O2. The summed E-state index contributed by atoms with van der Waals surface area (Å²) in [6.07, 6.45) is 1.56. The summed E-state index contributed by atoms with van der Waals surface area (Å²) in [5.41, 5.74) is 3.83. The van der Waals surface area contributed by atoms with Gasteiger partial charge in [0.15, 0.2) is 0 Å². The molecule has 6 nitrogen and oxygen atoms in total. The van der Waals surface area contributed by atoms with Crippen molar-refractivity contribution < 1.29 is 5.11 Å². The Labute approximate surface area is 103 Å². The highest BCUT2D eigenvalue weighted by Crippen LogP contribution is 2.07. The number of aryl methyl sites for hydroxylation is 1. The molecule has 0 saturated heterocycles. The third-order valence-corrected chi connectivity index (χ3v) is 2.15. The number of hydrazone groups is 1. The van der Waals surface area contributed by atoms with Gasteiger partial charge in [-0.05, 0) is 36.8 Å². The molecule has 1 aromatic carbocycles. The topological polar surface area (TPSA) is 90.4 Å². The van der Waals surface area contributed by atoms with E-state index in [0.717, 1.165) is 5.56 Å². The normalized spacial score (nSPS) is 10.7. The summed E-state index contributed by atoms with van der Waals surface area (Å²) in [4.78, 5) is 17.7. The van der Waals surface area contributed by atoms with Crippen LogP contribution in [0.1, 0.15) is 11.3 Å². The maximum Gasteiger partial charge on any atom is 0.252 e. The predicted octanol–water partition coefficient (Wildman–Crippen LogP) is 1.23. The van der Waals surface area contributed by atoms with Crippen molar-refractivity contribution in [1.29, 1.82) is 0 Å². The zero-order chi connectivity index (χ0) is 13.0. The quantitative estimate of drug-likeness (QED) is 0.559. The first kappa shape index (κ1) is 11.8. The van der Waals surface area contributed by atoms with Crippen molar-refractivity contribution in [2.75, 3.05) is 5.43 Å². The van der Waals surface area contributed by atoms with Gasteiger partial charge >= 0.3 is 0 Å². The molecule has 0 radical (unpaired) electrons. The molecule has 0 spiro atoms. The molecule has 3 N–H and O–H groups in total. The van der Waals surface area contributed by atoms with Crippen LogP contribution >= 0.6 is 0 Å². The van der Waals surface area contributed by atoms with Crippen LogP contribution in [0.2, 0.25) is 0 Å². The maximum absolute atomic E-state index is 11.2. The first-order valence-electron chi connectivity index (χ1n) is 5.29. The zero-order valence-electron chi connectivity index (χ0n) is 9.71. The number of hydrogen-bond acceptors (Lipinski definition) is 5. The SMILES string of the molecule is Cc1cc(=O)[nH]c(N/N=C/c2ccc(O)cc2)n1. The molecule has 0 amide bonds. The number of benzene rings is 1. The molecule has 92 valence electrons. The fourth-order valence-corrected chi connectivity index (χ4v) is 1.36. The highest BCUT2D eigenvalue weighted by molar-refractivity contribution is 5.80. The smallest absolute Gasteiger partial charge is 0.252 e. The van der Waals surface area contributed by atoms with E-state index in [1.54, 1.807) is 37.4 Å². The molecule has 18 heavy (non-hydrogen) atoms. The number of hydrogen-bond donors (Lipinski definition) is 3. The van der Waals surface area contributed by atoms with Gasteiger partial charge in [-0.1, -0.05) is 0 Å². The van der Waals surface area contributed by atoms with Gasteiger partial charge < -0.3 is 5.11 Å². The van der Waals surface area contributed by atoms with Crippen LogP contribution in [0, 0.1) is 6.92 Å². The third kappa shape index (κ3) is 3.18. The van der Waals surface area contributed by atoms with Gasteiger partial charge in [-0.2, -0.15) is 5.10 Å². The van der Waals surface area contributed by atoms with Gasteiger partial charge in [0.1, 0.15) is 5.75 Å². The Hall–Kier alpha value is -2.63. The van der Waals surface area contributed by atoms with E-state index in [1.165, 1.54) is 6.07 Å². The van der Waals surface area contributed by atoms with E-state index in [2.05, 4.69) is 20.5 Å². The highest BCUT2D eigenvalue weighted by atomic mass is 16.3. The van der Waals surface area contributed by atoms with E-state index >= 15 is 0 Å². The van der Waals surface area contributed by atoms with E-state index in [9.17, 15) is 4.79 Å². The second kappa shape index (κ2) is 5.13. The average molecular weight is 244 g/mol. The molecule has 0 aliphatic rings. The van der Waals surface area contributed by atoms with Crippen molar-refractivity contribution in [3.63, 3.8) is 0 Å². The summed E-state index contributed by atoms with van der Waals surface area (Å²) < 4.78 is 0. The number of H-pyrrole nitrogens is 1. The molecule has 6 heteroatoms. The van der Waals surface area contributed by atoms with Crippen molar-refractivity contribution >= 4 is 12.2 Å². The van der Waals surface area contributed by atoms with Gasteiger partial charge in [-0.3, -0.25) is 9.78 Å². The van der Waals surface area contributed by atoms with Crippen LogP contribution < -0.4 is 11.0 Å². The number of nitrogens with zero attached hydrogens (tertiary/aromatic N) is 2. The first-order valence-corrected chi connectivity index (χ1v) is 5.29. The first-order chi connectivity index (χ1) is 8.63. The van der Waals surface area contributed by atoms with Gasteiger partial charge in [0, 0.05) is 11.8 Å². The number of aromatic hydroxyl groups is 1. The Kier molecular flexibility index (Phi) is 3.38. The number of phenolic OH excluding ortho intramolecular Hbond substituents is 1. The van der Waals surface area contributed by atoms with E-state index < -0.39 is 0 Å². The van der Waals surface area contributed by atoms with Crippen molar-refractivity contribution in [1.82, 2.24) is 9.97 Å². The minimum atomic E-state index is -0.232. The highest BCUT2D eigenvalue weighted by Gasteiger charge is 1.95. The molecular weight excluding hydrogens is 232 g/mol. The minimum absolute atomic E-state index is 0.199. The predicted molar refractivity (Wildman–Crippen MR) is 68.9 cm³/mol. The van der Waals surface area contributed by atoms with E-state index in [4.69, 9.17) is 5.11 Å². The minimum Gasteiger partial charge on any atom is -0.508 e. The third-order valence-electron chi connectivity index (χ3n) is 2.15. The lowest BCUT2D eigenvalue weighted by atomic mass is 10.2. The lowest BCUT2D eigenvalue weighted by molar-refractivity contribution is 0.475. The zero-order valence-corrected chi connectivity index (χ0v) is 9.71. The van der Waals surface area contributed by atoms with Crippen molar-refractivity contribution in [3.8, 4) is 5.75 Å². The van der Waals surface area contributed by atoms with Gasteiger partial charge in [0.25, 0.3) is 5.56 Å². The van der Waals surface area contributed by atoms with Crippen molar-refractivity contribution in [2.45, 2.75) is 6.92 Å².